The summed E-state index contributed by atoms with van der Waals surface area (Å²) < 4.78 is 25.8. The van der Waals surface area contributed by atoms with Crippen molar-refractivity contribution in [2.75, 3.05) is 0 Å². The zero-order chi connectivity index (χ0) is 3.58. The monoisotopic (exact) mass is 196 g/mol. The smallest absolute Gasteiger partial charge is 0 e. The first-order valence-electron chi connectivity index (χ1n) is 0.548. The fraction of sp³-hybridized carbons (Fsp3) is 0. The molecule has 0 aromatic heterocycles. The van der Waals surface area contributed by atoms with Crippen LogP contribution in [0.25, 0.3) is 0 Å². The minimum Gasteiger partial charge on any atom is 0 e. The van der Waals surface area contributed by atoms with E-state index in [1.807, 2.05) is 0 Å². The van der Waals surface area contributed by atoms with Gasteiger partial charge in [0.05, 0.1) is 0 Å². The Morgan fingerprint density at radius 1 is 1.33 bits per heavy atom. The average Bonchev–Trinajstić information content (AvgIpc) is 0.811. The number of rotatable bonds is 0. The summed E-state index contributed by atoms with van der Waals surface area (Å²) in [5, 5.41) is 0. The van der Waals surface area contributed by atoms with Crippen LogP contribution >= 0.6 is 0 Å². The molecular formula is LiNbO3Ti. The van der Waals surface area contributed by atoms with Crippen molar-refractivity contribution in [2.45, 2.75) is 0 Å². The van der Waals surface area contributed by atoms with Crippen LogP contribution in [0.15, 0.2) is 0 Å². The summed E-state index contributed by atoms with van der Waals surface area (Å²) in [6, 6.07) is 0. The summed E-state index contributed by atoms with van der Waals surface area (Å²) in [5.41, 5.74) is 0. The van der Waals surface area contributed by atoms with Crippen molar-refractivity contribution < 1.29 is 69.5 Å². The Kier molecular flexibility index (Phi) is 25.5. The molecule has 0 aliphatic heterocycles. The van der Waals surface area contributed by atoms with E-state index in [9.17, 15) is 0 Å². The van der Waals surface area contributed by atoms with Crippen molar-refractivity contribution in [1.29, 1.82) is 0 Å². The number of hydrogen-bond donors (Lipinski definition) is 0. The van der Waals surface area contributed by atoms with Gasteiger partial charge in [-0.25, -0.2) is 0 Å². The first kappa shape index (κ1) is 15.6. The number of hydrogen-bond acceptors (Lipinski definition) is 3. The predicted molar refractivity (Wildman–Crippen MR) is 1.37 cm³/mol. The third kappa shape index (κ3) is 45.9. The zero-order valence-electron chi connectivity index (χ0n) is 3.17. The molecule has 0 aliphatic carbocycles. The summed E-state index contributed by atoms with van der Waals surface area (Å²) in [7, 11) is 0. The second kappa shape index (κ2) is 9.79. The van der Waals surface area contributed by atoms with Gasteiger partial charge in [0, 0.05) is 21.7 Å². The molecule has 0 aromatic rings. The van der Waals surface area contributed by atoms with E-state index in [1.165, 1.54) is 0 Å². The van der Waals surface area contributed by atoms with Gasteiger partial charge in [-0.15, -0.1) is 0 Å². The molecule has 0 fully saturated rings. The van der Waals surface area contributed by atoms with Crippen LogP contribution in [0.1, 0.15) is 0 Å². The van der Waals surface area contributed by atoms with Gasteiger partial charge < -0.3 is 0 Å². The molecule has 0 N–H and O–H groups in total. The van der Waals surface area contributed by atoms with E-state index >= 15 is 0 Å². The van der Waals surface area contributed by atoms with E-state index in [4.69, 9.17) is 10.1 Å². The van der Waals surface area contributed by atoms with Gasteiger partial charge in [-0.05, 0) is 0 Å². The maximum absolute atomic E-state index is 8.60. The SMILES string of the molecule is [Li+].[O]=[Nb](=[O])[O-].[Ti]. The molecule has 6 heavy (non-hydrogen) atoms. The molecule has 0 rings (SSSR count). The zero-order valence-corrected chi connectivity index (χ0v) is 6.93. The summed E-state index contributed by atoms with van der Waals surface area (Å²) >= 11 is -4.20. The van der Waals surface area contributed by atoms with Gasteiger partial charge in [-0.1, -0.05) is 0 Å². The Hall–Kier alpha value is 1.61. The van der Waals surface area contributed by atoms with Crippen molar-refractivity contribution in [1.82, 2.24) is 0 Å². The Morgan fingerprint density at radius 3 is 1.33 bits per heavy atom. The summed E-state index contributed by atoms with van der Waals surface area (Å²) in [4.78, 5) is 0. The van der Waals surface area contributed by atoms with Gasteiger partial charge in [0.15, 0.2) is 0 Å². The molecule has 0 spiro atoms. The van der Waals surface area contributed by atoms with Gasteiger partial charge in [-0.2, -0.15) is 0 Å². The molecular weight excluding hydrogens is 196 g/mol. The topological polar surface area (TPSA) is 57.2 Å². The normalized spacial score (nSPS) is 4.17. The minimum atomic E-state index is -4.20. The van der Waals surface area contributed by atoms with Crippen LogP contribution in [0.4, 0.5) is 0 Å². The van der Waals surface area contributed by atoms with E-state index in [1.54, 1.807) is 0 Å². The second-order valence-electron chi connectivity index (χ2n) is 0.224. The second-order valence-corrected chi connectivity index (χ2v) is 1.32. The van der Waals surface area contributed by atoms with Crippen LogP contribution in [0.2, 0.25) is 0 Å². The van der Waals surface area contributed by atoms with Gasteiger partial charge >= 0.3 is 47.8 Å². The third-order valence-electron chi connectivity index (χ3n) is 0. The fourth-order valence-electron chi connectivity index (χ4n) is 0. The fourth-order valence-corrected chi connectivity index (χ4v) is 0. The van der Waals surface area contributed by atoms with Gasteiger partial charge in [0.25, 0.3) is 0 Å². The van der Waals surface area contributed by atoms with Crippen molar-refractivity contribution in [3.8, 4) is 0 Å². The van der Waals surface area contributed by atoms with Crippen LogP contribution < -0.4 is 22.5 Å². The molecule has 3 nitrogen and oxygen atoms in total. The molecule has 0 saturated carbocycles. The van der Waals surface area contributed by atoms with Gasteiger partial charge in [0.1, 0.15) is 0 Å². The Bertz CT molecular complexity index is 59.2. The summed E-state index contributed by atoms with van der Waals surface area (Å²) in [6.07, 6.45) is 0. The molecule has 28 valence electrons. The van der Waals surface area contributed by atoms with Crippen molar-refractivity contribution in [3.05, 3.63) is 0 Å². The van der Waals surface area contributed by atoms with E-state index in [0.29, 0.717) is 0 Å². The van der Waals surface area contributed by atoms with Crippen molar-refractivity contribution >= 4 is 0 Å². The standard InChI is InChI=1S/Li.Nb.3O.Ti/q+1;;;;-1;. The maximum Gasteiger partial charge on any atom is 0 e. The largest absolute Gasteiger partial charge is 0 e. The van der Waals surface area contributed by atoms with Gasteiger partial charge in [0.2, 0.25) is 0 Å². The van der Waals surface area contributed by atoms with Crippen molar-refractivity contribution in [2.24, 2.45) is 0 Å². The van der Waals surface area contributed by atoms with Crippen LogP contribution in [0.3, 0.4) is 0 Å². The molecule has 0 aromatic carbocycles. The predicted octanol–water partition coefficient (Wildman–Crippen LogP) is -4.43. The first-order chi connectivity index (χ1) is 1.73. The van der Waals surface area contributed by atoms with E-state index in [2.05, 4.69) is 0 Å². The molecule has 0 radical (unpaired) electrons. The third-order valence-corrected chi connectivity index (χ3v) is 0. The van der Waals surface area contributed by atoms with Crippen LogP contribution in [0, 0.1) is 0 Å². The maximum atomic E-state index is 8.60. The molecule has 0 amide bonds. The molecule has 0 bridgehead atoms. The Morgan fingerprint density at radius 2 is 1.33 bits per heavy atom. The molecule has 0 aliphatic rings. The quantitative estimate of drug-likeness (QED) is 0.367. The van der Waals surface area contributed by atoms with Gasteiger partial charge in [-0.3, -0.25) is 0 Å². The minimum absolute atomic E-state index is 0. The molecule has 0 atom stereocenters. The summed E-state index contributed by atoms with van der Waals surface area (Å²) in [5.74, 6) is 0. The Balaban J connectivity index is -0.0000000450. The van der Waals surface area contributed by atoms with Crippen molar-refractivity contribution in [3.63, 3.8) is 0 Å². The van der Waals surface area contributed by atoms with Crippen LogP contribution in [0.5, 0.6) is 0 Å². The molecule has 0 unspecified atom stereocenters. The summed E-state index contributed by atoms with van der Waals surface area (Å²) in [6.45, 7) is 0. The van der Waals surface area contributed by atoms with E-state index < -0.39 is 18.8 Å². The molecule has 0 heterocycles. The van der Waals surface area contributed by atoms with E-state index in [0.717, 1.165) is 0 Å². The molecule has 0 saturated heterocycles. The van der Waals surface area contributed by atoms with Crippen LogP contribution in [-0.4, -0.2) is 0 Å². The molecule has 6 heteroatoms. The Labute approximate surface area is 68.8 Å². The average molecular weight is 196 g/mol. The first-order valence-corrected chi connectivity index (χ1v) is 3.24. The van der Waals surface area contributed by atoms with E-state index in [-0.39, 0.29) is 40.6 Å². The van der Waals surface area contributed by atoms with Crippen LogP contribution in [-0.2, 0) is 47.0 Å².